The summed E-state index contributed by atoms with van der Waals surface area (Å²) < 4.78 is 5.28. The number of hydrogen-bond donors (Lipinski definition) is 1. The highest BCUT2D eigenvalue weighted by atomic mass is 16.6. The molecule has 1 saturated carbocycles. The van der Waals surface area contributed by atoms with Crippen molar-refractivity contribution in [3.8, 4) is 0 Å². The topological polar surface area (TPSA) is 66.8 Å². The number of piperidine rings is 1. The number of ether oxygens (including phenoxy) is 1. The third-order valence-corrected chi connectivity index (χ3v) is 3.44. The lowest BCUT2D eigenvalue weighted by molar-refractivity contribution is -0.144. The van der Waals surface area contributed by atoms with E-state index < -0.39 is 23.7 Å². The van der Waals surface area contributed by atoms with Gasteiger partial charge in [0.2, 0.25) is 0 Å². The van der Waals surface area contributed by atoms with Crippen molar-refractivity contribution in [3.63, 3.8) is 0 Å². The Kier molecular flexibility index (Phi) is 2.79. The average Bonchev–Trinajstić information content (AvgIpc) is 2.72. The summed E-state index contributed by atoms with van der Waals surface area (Å²) in [6.45, 7) is 5.36. The zero-order chi connectivity index (χ0) is 12.8. The number of hydrogen-bond acceptors (Lipinski definition) is 3. The Balaban J connectivity index is 2.14. The second kappa shape index (κ2) is 3.89. The highest BCUT2D eigenvalue weighted by Gasteiger charge is 2.52. The van der Waals surface area contributed by atoms with Crippen LogP contribution >= 0.6 is 0 Å². The molecule has 2 fully saturated rings. The molecule has 2 aliphatic rings. The van der Waals surface area contributed by atoms with Gasteiger partial charge in [0.05, 0.1) is 0 Å². The van der Waals surface area contributed by atoms with E-state index in [9.17, 15) is 14.7 Å². The van der Waals surface area contributed by atoms with Crippen molar-refractivity contribution in [1.82, 2.24) is 4.90 Å². The lowest BCUT2D eigenvalue weighted by Gasteiger charge is -2.34. The predicted molar refractivity (Wildman–Crippen MR) is 60.6 cm³/mol. The second-order valence-electron chi connectivity index (χ2n) is 5.90. The van der Waals surface area contributed by atoms with Crippen LogP contribution in [0.25, 0.3) is 0 Å². The van der Waals surface area contributed by atoms with Gasteiger partial charge < -0.3 is 9.84 Å². The summed E-state index contributed by atoms with van der Waals surface area (Å²) in [5, 5.41) is 9.20. The number of carboxylic acids is 1. The van der Waals surface area contributed by atoms with E-state index in [1.54, 1.807) is 20.8 Å². The molecular formula is C12H19NO4. The van der Waals surface area contributed by atoms with E-state index >= 15 is 0 Å². The molecular weight excluding hydrogens is 222 g/mol. The molecule has 3 atom stereocenters. The molecule has 1 saturated heterocycles. The molecule has 0 spiro atoms. The molecule has 1 aliphatic carbocycles. The Hall–Kier alpha value is -1.26. The lowest BCUT2D eigenvalue weighted by atomic mass is 9.99. The number of carbonyl (C=O) groups is 2. The molecule has 1 amide bonds. The van der Waals surface area contributed by atoms with Crippen LogP contribution in [0.1, 0.15) is 40.0 Å². The zero-order valence-electron chi connectivity index (χ0n) is 10.5. The number of amides is 1. The first-order valence-electron chi connectivity index (χ1n) is 6.04. The number of aliphatic carboxylic acids is 1. The summed E-state index contributed by atoms with van der Waals surface area (Å²) in [6.07, 6.45) is 2.11. The molecule has 1 N–H and O–H groups in total. The van der Waals surface area contributed by atoms with Gasteiger partial charge in [0, 0.05) is 6.04 Å². The molecule has 2 rings (SSSR count). The van der Waals surface area contributed by atoms with E-state index in [0.717, 1.165) is 19.3 Å². The molecule has 0 aromatic rings. The van der Waals surface area contributed by atoms with Crippen molar-refractivity contribution < 1.29 is 19.4 Å². The minimum Gasteiger partial charge on any atom is -0.480 e. The third-order valence-electron chi connectivity index (χ3n) is 3.44. The highest BCUT2D eigenvalue weighted by Crippen LogP contribution is 2.43. The third kappa shape index (κ3) is 2.23. The number of likely N-dealkylation sites (tertiary alicyclic amines) is 1. The first-order chi connectivity index (χ1) is 7.79. The van der Waals surface area contributed by atoms with Crippen LogP contribution < -0.4 is 0 Å². The van der Waals surface area contributed by atoms with Crippen LogP contribution in [0.4, 0.5) is 4.79 Å². The molecule has 1 heterocycles. The van der Waals surface area contributed by atoms with E-state index in [1.165, 1.54) is 4.90 Å². The van der Waals surface area contributed by atoms with Gasteiger partial charge >= 0.3 is 12.1 Å². The molecule has 5 heteroatoms. The van der Waals surface area contributed by atoms with Gasteiger partial charge in [-0.2, -0.15) is 0 Å². The Labute approximate surface area is 101 Å². The normalized spacial score (nSPS) is 31.7. The number of fused-ring (bicyclic) bond motifs is 2. The van der Waals surface area contributed by atoms with Crippen molar-refractivity contribution in [1.29, 1.82) is 0 Å². The zero-order valence-corrected chi connectivity index (χ0v) is 10.5. The van der Waals surface area contributed by atoms with Gasteiger partial charge in [0.15, 0.2) is 0 Å². The number of rotatable bonds is 1. The minimum atomic E-state index is -0.914. The maximum absolute atomic E-state index is 12.0. The van der Waals surface area contributed by atoms with E-state index in [2.05, 4.69) is 0 Å². The van der Waals surface area contributed by atoms with Crippen LogP contribution in [0, 0.1) is 5.92 Å². The van der Waals surface area contributed by atoms with Crippen molar-refractivity contribution in [2.24, 2.45) is 5.92 Å². The molecule has 1 aliphatic heterocycles. The maximum atomic E-state index is 12.0. The average molecular weight is 241 g/mol. The molecule has 5 nitrogen and oxygen atoms in total. The first kappa shape index (κ1) is 12.2. The minimum absolute atomic E-state index is 0.0518. The van der Waals surface area contributed by atoms with Crippen molar-refractivity contribution in [2.45, 2.75) is 57.7 Å². The Morgan fingerprint density at radius 1 is 1.29 bits per heavy atom. The van der Waals surface area contributed by atoms with Gasteiger partial charge in [-0.1, -0.05) is 0 Å². The Morgan fingerprint density at radius 3 is 2.47 bits per heavy atom. The summed E-state index contributed by atoms with van der Waals surface area (Å²) >= 11 is 0. The smallest absolute Gasteiger partial charge is 0.411 e. The Morgan fingerprint density at radius 2 is 1.94 bits per heavy atom. The van der Waals surface area contributed by atoms with Crippen LogP contribution in [0.2, 0.25) is 0 Å². The predicted octanol–water partition coefficient (Wildman–Crippen LogP) is 1.86. The second-order valence-corrected chi connectivity index (χ2v) is 5.90. The molecule has 2 bridgehead atoms. The van der Waals surface area contributed by atoms with Crippen molar-refractivity contribution >= 4 is 12.1 Å². The van der Waals surface area contributed by atoms with Gasteiger partial charge in [0.25, 0.3) is 0 Å². The first-order valence-corrected chi connectivity index (χ1v) is 6.04. The van der Waals surface area contributed by atoms with E-state index in [0.29, 0.717) is 0 Å². The van der Waals surface area contributed by atoms with Crippen LogP contribution in [-0.4, -0.2) is 39.8 Å². The summed E-state index contributed by atoms with van der Waals surface area (Å²) in [7, 11) is 0. The van der Waals surface area contributed by atoms with E-state index in [4.69, 9.17) is 4.74 Å². The molecule has 96 valence electrons. The van der Waals surface area contributed by atoms with Crippen molar-refractivity contribution in [2.75, 3.05) is 0 Å². The molecule has 0 aromatic heterocycles. The summed E-state index contributed by atoms with van der Waals surface area (Å²) in [5.74, 6) is -0.812. The molecule has 17 heavy (non-hydrogen) atoms. The largest absolute Gasteiger partial charge is 0.480 e. The highest BCUT2D eigenvalue weighted by molar-refractivity contribution is 5.82. The van der Waals surface area contributed by atoms with Gasteiger partial charge in [-0.05, 0) is 46.0 Å². The summed E-state index contributed by atoms with van der Waals surface area (Å²) in [4.78, 5) is 24.7. The fraction of sp³-hybridized carbons (Fsp3) is 0.833. The van der Waals surface area contributed by atoms with E-state index in [1.807, 2.05) is 0 Å². The van der Waals surface area contributed by atoms with Crippen LogP contribution in [0.3, 0.4) is 0 Å². The van der Waals surface area contributed by atoms with Gasteiger partial charge in [0.1, 0.15) is 11.6 Å². The van der Waals surface area contributed by atoms with Gasteiger partial charge in [-0.3, -0.25) is 4.90 Å². The number of carboxylic acid groups (broad SMARTS) is 1. The van der Waals surface area contributed by atoms with Crippen LogP contribution in [-0.2, 0) is 9.53 Å². The summed E-state index contributed by atoms with van der Waals surface area (Å²) in [5.41, 5.74) is -0.581. The standard InChI is InChI=1S/C12H19NO4/c1-12(2,3)17-11(16)13-8-5-4-7(6-8)9(13)10(14)15/h7-9H,4-6H2,1-3H3,(H,14,15)/t7-,8?,9+/m1/s1. The molecule has 1 unspecified atom stereocenters. The van der Waals surface area contributed by atoms with Crippen LogP contribution in [0.5, 0.6) is 0 Å². The monoisotopic (exact) mass is 241 g/mol. The molecule has 0 aromatic carbocycles. The number of nitrogens with zero attached hydrogens (tertiary/aromatic N) is 1. The SMILES string of the molecule is CC(C)(C)OC(=O)N1C2CC[C@H](C2)[C@H]1C(=O)O. The molecule has 0 radical (unpaired) electrons. The Bertz CT molecular complexity index is 347. The van der Waals surface area contributed by atoms with Gasteiger partial charge in [-0.15, -0.1) is 0 Å². The lowest BCUT2D eigenvalue weighted by Crippen LogP contribution is -2.50. The van der Waals surface area contributed by atoms with Crippen LogP contribution in [0.15, 0.2) is 0 Å². The number of carbonyl (C=O) groups excluding carboxylic acids is 1. The fourth-order valence-corrected chi connectivity index (χ4v) is 2.88. The summed E-state index contributed by atoms with van der Waals surface area (Å²) in [6, 6.07) is -0.639. The quantitative estimate of drug-likeness (QED) is 0.761. The maximum Gasteiger partial charge on any atom is 0.411 e. The van der Waals surface area contributed by atoms with E-state index in [-0.39, 0.29) is 12.0 Å². The fourth-order valence-electron chi connectivity index (χ4n) is 2.88. The van der Waals surface area contributed by atoms with Gasteiger partial charge in [-0.25, -0.2) is 9.59 Å². The van der Waals surface area contributed by atoms with Crippen molar-refractivity contribution in [3.05, 3.63) is 0 Å².